The van der Waals surface area contributed by atoms with Crippen LogP contribution in [0.4, 0.5) is 0 Å². The summed E-state index contributed by atoms with van der Waals surface area (Å²) in [6, 6.07) is 0. The summed E-state index contributed by atoms with van der Waals surface area (Å²) < 4.78 is 1.65. The smallest absolute Gasteiger partial charge is 0.268 e. The van der Waals surface area contributed by atoms with Gasteiger partial charge in [0.25, 0.3) is 5.56 Å². The number of nitrogens with zero attached hydrogens (tertiary/aromatic N) is 2. The third-order valence-electron chi connectivity index (χ3n) is 1.33. The number of alkyl halides is 1. The molecule has 0 unspecified atom stereocenters. The maximum absolute atomic E-state index is 11.0. The van der Waals surface area contributed by atoms with Crippen molar-refractivity contribution in [3.8, 4) is 0 Å². The van der Waals surface area contributed by atoms with E-state index < -0.39 is 0 Å². The zero-order valence-electron chi connectivity index (χ0n) is 6.03. The second kappa shape index (κ2) is 4.28. The van der Waals surface area contributed by atoms with Crippen LogP contribution in [-0.2, 0) is 6.54 Å². The van der Waals surface area contributed by atoms with Crippen molar-refractivity contribution in [3.63, 3.8) is 0 Å². The van der Waals surface area contributed by atoms with Crippen molar-refractivity contribution >= 4 is 15.9 Å². The van der Waals surface area contributed by atoms with Gasteiger partial charge in [-0.1, -0.05) is 15.9 Å². The van der Waals surface area contributed by atoms with Gasteiger partial charge in [-0.15, -0.1) is 0 Å². The average Bonchev–Trinajstić information content (AvgIpc) is 2.03. The molecular formula is C7H9BrN2O. The van der Waals surface area contributed by atoms with Crippen LogP contribution in [-0.4, -0.2) is 14.9 Å². The number of hydrogen-bond donors (Lipinski definition) is 0. The topological polar surface area (TPSA) is 34.9 Å². The molecule has 0 radical (unpaired) electrons. The molecule has 1 aromatic rings. The standard InChI is InChI=1S/C7H9BrN2O/c8-2-1-4-10-5-3-9-6-7(10)11/h3,5-6H,1-2,4H2. The van der Waals surface area contributed by atoms with Gasteiger partial charge in [0.15, 0.2) is 0 Å². The Balaban J connectivity index is 2.70. The van der Waals surface area contributed by atoms with Crippen molar-refractivity contribution < 1.29 is 0 Å². The molecule has 1 aromatic heterocycles. The molecule has 4 heteroatoms. The number of aromatic nitrogens is 2. The second-order valence-corrected chi connectivity index (χ2v) is 2.94. The fourth-order valence-electron chi connectivity index (χ4n) is 0.788. The van der Waals surface area contributed by atoms with Gasteiger partial charge in [0.1, 0.15) is 0 Å². The molecule has 3 nitrogen and oxygen atoms in total. The fraction of sp³-hybridized carbons (Fsp3) is 0.429. The van der Waals surface area contributed by atoms with Crippen molar-refractivity contribution in [1.82, 2.24) is 9.55 Å². The molecule has 0 aliphatic rings. The summed E-state index contributed by atoms with van der Waals surface area (Å²) in [5, 5.41) is 0.918. The van der Waals surface area contributed by atoms with Crippen LogP contribution in [0.3, 0.4) is 0 Å². The molecule has 0 spiro atoms. The van der Waals surface area contributed by atoms with Crippen LogP contribution in [0.1, 0.15) is 6.42 Å². The zero-order chi connectivity index (χ0) is 8.10. The molecule has 60 valence electrons. The Labute approximate surface area is 73.2 Å². The summed E-state index contributed by atoms with van der Waals surface area (Å²) in [5.41, 5.74) is -0.0338. The van der Waals surface area contributed by atoms with E-state index in [0.29, 0.717) is 0 Å². The lowest BCUT2D eigenvalue weighted by molar-refractivity contribution is 0.654. The molecule has 11 heavy (non-hydrogen) atoms. The van der Waals surface area contributed by atoms with E-state index in [2.05, 4.69) is 20.9 Å². The van der Waals surface area contributed by atoms with Crippen LogP contribution in [0.25, 0.3) is 0 Å². The Hall–Kier alpha value is -0.640. The molecule has 0 N–H and O–H groups in total. The van der Waals surface area contributed by atoms with Gasteiger partial charge in [0.2, 0.25) is 0 Å². The van der Waals surface area contributed by atoms with Gasteiger partial charge >= 0.3 is 0 Å². The molecule has 1 heterocycles. The Morgan fingerprint density at radius 3 is 3.09 bits per heavy atom. The zero-order valence-corrected chi connectivity index (χ0v) is 7.62. The summed E-state index contributed by atoms with van der Waals surface area (Å²) in [6.07, 6.45) is 5.61. The minimum absolute atomic E-state index is 0.0338. The number of halogens is 1. The largest absolute Gasteiger partial charge is 0.313 e. The molecule has 0 atom stereocenters. The first-order valence-corrected chi connectivity index (χ1v) is 4.53. The highest BCUT2D eigenvalue weighted by atomic mass is 79.9. The molecule has 0 fully saturated rings. The van der Waals surface area contributed by atoms with Gasteiger partial charge < -0.3 is 4.57 Å². The van der Waals surface area contributed by atoms with Crippen LogP contribution in [0.2, 0.25) is 0 Å². The summed E-state index contributed by atoms with van der Waals surface area (Å²) in [5.74, 6) is 0. The van der Waals surface area contributed by atoms with Crippen LogP contribution in [0.5, 0.6) is 0 Å². The summed E-state index contributed by atoms with van der Waals surface area (Å²) in [7, 11) is 0. The van der Waals surface area contributed by atoms with E-state index >= 15 is 0 Å². The van der Waals surface area contributed by atoms with E-state index in [1.807, 2.05) is 0 Å². The van der Waals surface area contributed by atoms with Crippen molar-refractivity contribution in [2.24, 2.45) is 0 Å². The summed E-state index contributed by atoms with van der Waals surface area (Å²) in [4.78, 5) is 14.7. The number of hydrogen-bond acceptors (Lipinski definition) is 2. The fourth-order valence-corrected chi connectivity index (χ4v) is 1.04. The lowest BCUT2D eigenvalue weighted by atomic mass is 10.5. The summed E-state index contributed by atoms with van der Waals surface area (Å²) >= 11 is 3.30. The van der Waals surface area contributed by atoms with Gasteiger partial charge in [0, 0.05) is 24.3 Å². The molecule has 0 aliphatic heterocycles. The Morgan fingerprint density at radius 2 is 2.45 bits per heavy atom. The predicted molar refractivity (Wildman–Crippen MR) is 46.9 cm³/mol. The predicted octanol–water partition coefficient (Wildman–Crippen LogP) is 1.03. The van der Waals surface area contributed by atoms with Gasteiger partial charge in [-0.2, -0.15) is 0 Å². The van der Waals surface area contributed by atoms with Crippen molar-refractivity contribution in [3.05, 3.63) is 28.9 Å². The van der Waals surface area contributed by atoms with Crippen molar-refractivity contribution in [1.29, 1.82) is 0 Å². The normalized spacial score (nSPS) is 9.91. The molecule has 0 saturated heterocycles. The van der Waals surface area contributed by atoms with E-state index in [9.17, 15) is 4.79 Å². The molecule has 0 aromatic carbocycles. The maximum Gasteiger partial charge on any atom is 0.268 e. The second-order valence-electron chi connectivity index (χ2n) is 2.15. The van der Waals surface area contributed by atoms with Crippen LogP contribution in [0, 0.1) is 0 Å². The molecule has 0 saturated carbocycles. The molecule has 0 bridgehead atoms. The van der Waals surface area contributed by atoms with Crippen molar-refractivity contribution in [2.75, 3.05) is 5.33 Å². The minimum atomic E-state index is -0.0338. The molecule has 0 amide bonds. The SMILES string of the molecule is O=c1cnccn1CCCBr. The molecular weight excluding hydrogens is 208 g/mol. The highest BCUT2D eigenvalue weighted by Gasteiger charge is 1.91. The Kier molecular flexibility index (Phi) is 3.29. The number of rotatable bonds is 3. The Bertz CT molecular complexity index is 271. The van der Waals surface area contributed by atoms with Crippen LogP contribution in [0.15, 0.2) is 23.4 Å². The lowest BCUT2D eigenvalue weighted by Crippen LogP contribution is -2.18. The van der Waals surface area contributed by atoms with Gasteiger partial charge in [0.05, 0.1) is 6.20 Å². The molecule has 1 rings (SSSR count). The van der Waals surface area contributed by atoms with Crippen LogP contribution >= 0.6 is 15.9 Å². The van der Waals surface area contributed by atoms with Gasteiger partial charge in [-0.05, 0) is 6.42 Å². The van der Waals surface area contributed by atoms with E-state index in [-0.39, 0.29) is 5.56 Å². The minimum Gasteiger partial charge on any atom is -0.313 e. The first-order chi connectivity index (χ1) is 5.34. The monoisotopic (exact) mass is 216 g/mol. The third-order valence-corrected chi connectivity index (χ3v) is 1.89. The summed E-state index contributed by atoms with van der Waals surface area (Å²) in [6.45, 7) is 0.757. The van der Waals surface area contributed by atoms with Crippen molar-refractivity contribution in [2.45, 2.75) is 13.0 Å². The Morgan fingerprint density at radius 1 is 1.64 bits per heavy atom. The van der Waals surface area contributed by atoms with E-state index in [1.165, 1.54) is 6.20 Å². The van der Waals surface area contributed by atoms with Gasteiger partial charge in [-0.25, -0.2) is 0 Å². The quantitative estimate of drug-likeness (QED) is 0.708. The van der Waals surface area contributed by atoms with E-state index in [4.69, 9.17) is 0 Å². The third kappa shape index (κ3) is 2.46. The highest BCUT2D eigenvalue weighted by molar-refractivity contribution is 9.09. The maximum atomic E-state index is 11.0. The average molecular weight is 217 g/mol. The first kappa shape index (κ1) is 8.46. The number of aryl methyl sites for hydroxylation is 1. The first-order valence-electron chi connectivity index (χ1n) is 3.41. The van der Waals surface area contributed by atoms with Gasteiger partial charge in [-0.3, -0.25) is 9.78 Å². The van der Waals surface area contributed by atoms with E-state index in [0.717, 1.165) is 18.3 Å². The highest BCUT2D eigenvalue weighted by Crippen LogP contribution is 1.90. The van der Waals surface area contributed by atoms with Crippen LogP contribution < -0.4 is 5.56 Å². The lowest BCUT2D eigenvalue weighted by Gasteiger charge is -2.00. The molecule has 0 aliphatic carbocycles. The van der Waals surface area contributed by atoms with E-state index in [1.54, 1.807) is 17.0 Å².